The number of thiophene rings is 1. The first-order valence-electron chi connectivity index (χ1n) is 11.0. The standard InChI is InChI=1S/C24H23ClN4O5S2/c1-36(32,33)14-4-13-34-21-15-18(28-12-3-2-5-24(28)31)7-8-19(21)29-16-17(26-27-29)6-9-20(30)22-10-11-23(25)35-22/h2-3,5,7-8,10-12,15-16H,4,6,9,13-14H2,1H3. The topological polar surface area (TPSA) is 113 Å². The molecule has 0 bridgehead atoms. The molecular formula is C24H23ClN4O5S2. The lowest BCUT2D eigenvalue weighted by Gasteiger charge is -2.14. The molecule has 0 saturated carbocycles. The highest BCUT2D eigenvalue weighted by Crippen LogP contribution is 2.27. The molecule has 0 amide bonds. The molecule has 0 N–H and O–H groups in total. The Hall–Kier alpha value is -3.28. The van der Waals surface area contributed by atoms with Gasteiger partial charge in [0.15, 0.2) is 5.78 Å². The quantitative estimate of drug-likeness (QED) is 0.208. The van der Waals surface area contributed by atoms with Crippen LogP contribution in [-0.4, -0.2) is 52.4 Å². The van der Waals surface area contributed by atoms with Crippen LogP contribution in [0, 0.1) is 0 Å². The van der Waals surface area contributed by atoms with Gasteiger partial charge in [0.25, 0.3) is 5.56 Å². The molecule has 1 aromatic carbocycles. The largest absolute Gasteiger partial charge is 0.491 e. The number of benzene rings is 1. The van der Waals surface area contributed by atoms with E-state index >= 15 is 0 Å². The minimum absolute atomic E-state index is 0.00286. The molecule has 12 heteroatoms. The van der Waals surface area contributed by atoms with Gasteiger partial charge >= 0.3 is 0 Å². The molecule has 9 nitrogen and oxygen atoms in total. The van der Waals surface area contributed by atoms with Gasteiger partial charge in [-0.15, -0.1) is 16.4 Å². The summed E-state index contributed by atoms with van der Waals surface area (Å²) in [5.74, 6) is 0.392. The number of halogens is 1. The summed E-state index contributed by atoms with van der Waals surface area (Å²) >= 11 is 7.16. The van der Waals surface area contributed by atoms with E-state index in [4.69, 9.17) is 16.3 Å². The molecule has 4 rings (SSSR count). The monoisotopic (exact) mass is 546 g/mol. The Morgan fingerprint density at radius 2 is 2.00 bits per heavy atom. The predicted molar refractivity (Wildman–Crippen MR) is 139 cm³/mol. The van der Waals surface area contributed by atoms with Crippen LogP contribution in [0.5, 0.6) is 5.75 Å². The molecule has 0 atom stereocenters. The van der Waals surface area contributed by atoms with Gasteiger partial charge in [-0.05, 0) is 36.8 Å². The molecule has 4 aromatic rings. The Labute approximate surface area is 216 Å². The van der Waals surface area contributed by atoms with Gasteiger partial charge in [-0.2, -0.15) is 0 Å². The zero-order chi connectivity index (χ0) is 25.7. The number of aromatic nitrogens is 4. The van der Waals surface area contributed by atoms with Crippen LogP contribution in [0.25, 0.3) is 11.4 Å². The van der Waals surface area contributed by atoms with E-state index in [1.165, 1.54) is 32.9 Å². The summed E-state index contributed by atoms with van der Waals surface area (Å²) in [5.41, 5.74) is 1.57. The maximum absolute atomic E-state index is 12.4. The lowest BCUT2D eigenvalue weighted by Crippen LogP contribution is -2.16. The lowest BCUT2D eigenvalue weighted by molar-refractivity contribution is 0.0986. The van der Waals surface area contributed by atoms with Gasteiger partial charge < -0.3 is 4.74 Å². The van der Waals surface area contributed by atoms with Crippen LogP contribution < -0.4 is 10.3 Å². The van der Waals surface area contributed by atoms with Gasteiger partial charge in [0.2, 0.25) is 0 Å². The number of Topliss-reactive ketones (excluding diaryl/α,β-unsaturated/α-hetero) is 1. The van der Waals surface area contributed by atoms with Crippen LogP contribution in [0.4, 0.5) is 0 Å². The van der Waals surface area contributed by atoms with Gasteiger partial charge in [-0.1, -0.05) is 22.9 Å². The average molecular weight is 547 g/mol. The van der Waals surface area contributed by atoms with Gasteiger partial charge in [-0.25, -0.2) is 13.1 Å². The fraction of sp³-hybridized carbons (Fsp3) is 0.250. The zero-order valence-corrected chi connectivity index (χ0v) is 21.7. The number of ether oxygens (including phenoxy) is 1. The first-order valence-corrected chi connectivity index (χ1v) is 14.3. The molecule has 36 heavy (non-hydrogen) atoms. The first kappa shape index (κ1) is 25.8. The minimum atomic E-state index is -3.11. The molecule has 0 aliphatic heterocycles. The van der Waals surface area contributed by atoms with Crippen molar-refractivity contribution in [3.8, 4) is 17.1 Å². The minimum Gasteiger partial charge on any atom is -0.491 e. The van der Waals surface area contributed by atoms with Crippen molar-refractivity contribution in [3.63, 3.8) is 0 Å². The van der Waals surface area contributed by atoms with Crippen LogP contribution >= 0.6 is 22.9 Å². The van der Waals surface area contributed by atoms with Gasteiger partial charge in [0, 0.05) is 37.4 Å². The molecule has 0 spiro atoms. The summed E-state index contributed by atoms with van der Waals surface area (Å²) in [6.45, 7) is 0.159. The summed E-state index contributed by atoms with van der Waals surface area (Å²) < 4.78 is 32.4. The summed E-state index contributed by atoms with van der Waals surface area (Å²) in [4.78, 5) is 25.3. The number of hydrogen-bond donors (Lipinski definition) is 0. The van der Waals surface area contributed by atoms with Crippen molar-refractivity contribution >= 4 is 38.6 Å². The number of rotatable bonds is 11. The van der Waals surface area contributed by atoms with E-state index < -0.39 is 9.84 Å². The van der Waals surface area contributed by atoms with Crippen molar-refractivity contribution in [3.05, 3.63) is 86.2 Å². The fourth-order valence-corrected chi connectivity index (χ4v) is 5.11. The number of hydrogen-bond acceptors (Lipinski definition) is 8. The van der Waals surface area contributed by atoms with Crippen molar-refractivity contribution in [1.29, 1.82) is 0 Å². The Kier molecular flexibility index (Phi) is 8.02. The van der Waals surface area contributed by atoms with E-state index in [2.05, 4.69) is 10.3 Å². The average Bonchev–Trinajstić information content (AvgIpc) is 3.49. The Bertz CT molecular complexity index is 1540. The van der Waals surface area contributed by atoms with E-state index in [-0.39, 0.29) is 30.1 Å². The molecule has 0 saturated heterocycles. The highest BCUT2D eigenvalue weighted by molar-refractivity contribution is 7.90. The van der Waals surface area contributed by atoms with Crippen molar-refractivity contribution in [2.45, 2.75) is 19.3 Å². The Morgan fingerprint density at radius 1 is 1.17 bits per heavy atom. The molecule has 0 radical (unpaired) electrons. The van der Waals surface area contributed by atoms with E-state index in [1.807, 2.05) is 0 Å². The van der Waals surface area contributed by atoms with Crippen molar-refractivity contribution in [1.82, 2.24) is 19.6 Å². The molecular weight excluding hydrogens is 524 g/mol. The molecule has 0 fully saturated rings. The van der Waals surface area contributed by atoms with Gasteiger partial charge in [0.05, 0.1) is 39.2 Å². The maximum atomic E-state index is 12.4. The predicted octanol–water partition coefficient (Wildman–Crippen LogP) is 3.76. The molecule has 0 aliphatic carbocycles. The van der Waals surface area contributed by atoms with Crippen molar-refractivity contribution in [2.24, 2.45) is 0 Å². The summed E-state index contributed by atoms with van der Waals surface area (Å²) in [5, 5.41) is 8.36. The smallest absolute Gasteiger partial charge is 0.255 e. The molecule has 188 valence electrons. The lowest BCUT2D eigenvalue weighted by atomic mass is 10.1. The van der Waals surface area contributed by atoms with E-state index in [1.54, 1.807) is 54.9 Å². The van der Waals surface area contributed by atoms with E-state index in [9.17, 15) is 18.0 Å². The molecule has 3 aromatic heterocycles. The molecule has 0 aliphatic rings. The number of carbonyl (C=O) groups is 1. The van der Waals surface area contributed by atoms with Crippen LogP contribution in [0.3, 0.4) is 0 Å². The fourth-order valence-electron chi connectivity index (χ4n) is 3.46. The van der Waals surface area contributed by atoms with E-state index in [0.717, 1.165) is 0 Å². The number of carbonyl (C=O) groups excluding carboxylic acids is 1. The third-order valence-electron chi connectivity index (χ3n) is 5.20. The van der Waals surface area contributed by atoms with E-state index in [0.29, 0.717) is 44.9 Å². The van der Waals surface area contributed by atoms with Crippen LogP contribution in [0.15, 0.2) is 65.7 Å². The second-order valence-electron chi connectivity index (χ2n) is 8.07. The normalized spacial score (nSPS) is 11.5. The number of ketones is 1. The summed E-state index contributed by atoms with van der Waals surface area (Å²) in [7, 11) is -3.11. The zero-order valence-electron chi connectivity index (χ0n) is 19.3. The number of sulfone groups is 1. The number of aryl methyl sites for hydroxylation is 1. The first-order chi connectivity index (χ1) is 17.2. The van der Waals surface area contributed by atoms with Crippen molar-refractivity contribution in [2.75, 3.05) is 18.6 Å². The number of pyridine rings is 1. The SMILES string of the molecule is CS(=O)(=O)CCCOc1cc(-n2ccccc2=O)ccc1-n1cc(CCC(=O)c2ccc(Cl)s2)nn1. The van der Waals surface area contributed by atoms with Crippen LogP contribution in [0.1, 0.15) is 28.2 Å². The maximum Gasteiger partial charge on any atom is 0.255 e. The summed E-state index contributed by atoms with van der Waals surface area (Å²) in [6, 6.07) is 13.5. The summed E-state index contributed by atoms with van der Waals surface area (Å²) in [6.07, 6.45) is 5.51. The second kappa shape index (κ2) is 11.2. The Balaban J connectivity index is 1.55. The number of nitrogens with zero attached hydrogens (tertiary/aromatic N) is 4. The highest BCUT2D eigenvalue weighted by atomic mass is 35.5. The highest BCUT2D eigenvalue weighted by Gasteiger charge is 2.14. The molecule has 3 heterocycles. The van der Waals surface area contributed by atoms with Gasteiger partial charge in [-0.3, -0.25) is 14.2 Å². The third-order valence-corrected chi connectivity index (χ3v) is 7.51. The second-order valence-corrected chi connectivity index (χ2v) is 12.0. The van der Waals surface area contributed by atoms with Crippen LogP contribution in [-0.2, 0) is 16.3 Å². The third kappa shape index (κ3) is 6.68. The van der Waals surface area contributed by atoms with Crippen molar-refractivity contribution < 1.29 is 17.9 Å². The van der Waals surface area contributed by atoms with Gasteiger partial charge in [0.1, 0.15) is 21.3 Å². The Morgan fingerprint density at radius 3 is 2.72 bits per heavy atom. The molecule has 0 unspecified atom stereocenters. The van der Waals surface area contributed by atoms with Crippen LogP contribution in [0.2, 0.25) is 4.34 Å².